The topological polar surface area (TPSA) is 39.1 Å². The third-order valence-electron chi connectivity index (χ3n) is 3.16. The minimum absolute atomic E-state index is 0.472. The Hall–Kier alpha value is -1.81. The van der Waals surface area contributed by atoms with Crippen molar-refractivity contribution in [3.63, 3.8) is 0 Å². The Labute approximate surface area is 120 Å². The van der Waals surface area contributed by atoms with Crippen LogP contribution in [0.15, 0.2) is 36.5 Å². The maximum Gasteiger partial charge on any atom is 0.119 e. The molecule has 1 aromatic heterocycles. The van der Waals surface area contributed by atoms with Gasteiger partial charge >= 0.3 is 0 Å². The van der Waals surface area contributed by atoms with Crippen molar-refractivity contribution in [2.24, 2.45) is 0 Å². The number of aryl methyl sites for hydroxylation is 1. The Balaban J connectivity index is 1.90. The number of rotatable bonds is 7. The van der Waals surface area contributed by atoms with Crippen LogP contribution < -0.4 is 10.1 Å². The highest BCUT2D eigenvalue weighted by Gasteiger charge is 2.07. The molecule has 108 valence electrons. The van der Waals surface area contributed by atoms with Crippen molar-refractivity contribution in [2.75, 3.05) is 6.61 Å². The number of nitrogens with one attached hydrogen (secondary N) is 1. The molecule has 0 bridgehead atoms. The Bertz CT molecular complexity index is 520. The second-order valence-electron chi connectivity index (χ2n) is 5.15. The lowest BCUT2D eigenvalue weighted by Crippen LogP contribution is -2.24. The molecule has 0 unspecified atom stereocenters. The van der Waals surface area contributed by atoms with Gasteiger partial charge in [-0.15, -0.1) is 0 Å². The number of aromatic nitrogens is 2. The Morgan fingerprint density at radius 2 is 2.00 bits per heavy atom. The molecule has 0 amide bonds. The van der Waals surface area contributed by atoms with E-state index in [1.165, 1.54) is 5.69 Å². The first-order valence-corrected chi connectivity index (χ1v) is 7.09. The highest BCUT2D eigenvalue weighted by atomic mass is 16.5. The maximum absolute atomic E-state index is 5.75. The summed E-state index contributed by atoms with van der Waals surface area (Å²) in [6.45, 7) is 8.62. The molecule has 1 N–H and O–H groups in total. The summed E-state index contributed by atoms with van der Waals surface area (Å²) in [7, 11) is 0. The van der Waals surface area contributed by atoms with Crippen LogP contribution in [0.3, 0.4) is 0 Å². The van der Waals surface area contributed by atoms with Crippen LogP contribution in [0.25, 0.3) is 0 Å². The predicted octanol–water partition coefficient (Wildman–Crippen LogP) is 2.77. The fourth-order valence-corrected chi connectivity index (χ4v) is 2.04. The van der Waals surface area contributed by atoms with Gasteiger partial charge in [-0.05, 0) is 19.1 Å². The summed E-state index contributed by atoms with van der Waals surface area (Å²) in [4.78, 5) is 4.39. The normalized spacial score (nSPS) is 11.0. The average molecular weight is 273 g/mol. The van der Waals surface area contributed by atoms with Crippen molar-refractivity contribution in [3.05, 3.63) is 48.0 Å². The minimum atomic E-state index is 0.472. The number of benzene rings is 1. The molecule has 1 aromatic carbocycles. The van der Waals surface area contributed by atoms with Crippen LogP contribution in [0.2, 0.25) is 0 Å². The van der Waals surface area contributed by atoms with Crippen molar-refractivity contribution in [2.45, 2.75) is 39.9 Å². The SMILES string of the molecule is Cc1ncc(CNC(C)C)n1CCOc1ccccc1. The van der Waals surface area contributed by atoms with Crippen molar-refractivity contribution >= 4 is 0 Å². The van der Waals surface area contributed by atoms with Crippen molar-refractivity contribution in [3.8, 4) is 5.75 Å². The van der Waals surface area contributed by atoms with Crippen LogP contribution in [0, 0.1) is 6.92 Å². The van der Waals surface area contributed by atoms with Gasteiger partial charge in [0.15, 0.2) is 0 Å². The van der Waals surface area contributed by atoms with Crippen LogP contribution in [0.1, 0.15) is 25.4 Å². The number of nitrogens with zero attached hydrogens (tertiary/aromatic N) is 2. The van der Waals surface area contributed by atoms with Gasteiger partial charge in [0.2, 0.25) is 0 Å². The third-order valence-corrected chi connectivity index (χ3v) is 3.16. The van der Waals surface area contributed by atoms with Gasteiger partial charge in [-0.3, -0.25) is 0 Å². The molecule has 0 aliphatic rings. The summed E-state index contributed by atoms with van der Waals surface area (Å²) in [5, 5.41) is 3.42. The van der Waals surface area contributed by atoms with Crippen LogP contribution in [-0.4, -0.2) is 22.2 Å². The zero-order valence-electron chi connectivity index (χ0n) is 12.5. The smallest absolute Gasteiger partial charge is 0.119 e. The van der Waals surface area contributed by atoms with Gasteiger partial charge < -0.3 is 14.6 Å². The number of hydrogen-bond acceptors (Lipinski definition) is 3. The molecule has 1 heterocycles. The van der Waals surface area contributed by atoms with E-state index >= 15 is 0 Å². The van der Waals surface area contributed by atoms with Gasteiger partial charge in [0.25, 0.3) is 0 Å². The van der Waals surface area contributed by atoms with Crippen molar-refractivity contribution < 1.29 is 4.74 Å². The number of hydrogen-bond donors (Lipinski definition) is 1. The summed E-state index contributed by atoms with van der Waals surface area (Å²) in [5.41, 5.74) is 1.20. The molecule has 0 aliphatic carbocycles. The molecule has 4 heteroatoms. The molecule has 0 fully saturated rings. The Kier molecular flexibility index (Phi) is 5.18. The van der Waals surface area contributed by atoms with E-state index in [0.29, 0.717) is 12.6 Å². The predicted molar refractivity (Wildman–Crippen MR) is 80.9 cm³/mol. The number of imidazole rings is 1. The second-order valence-corrected chi connectivity index (χ2v) is 5.15. The maximum atomic E-state index is 5.75. The molecule has 0 saturated heterocycles. The molecule has 20 heavy (non-hydrogen) atoms. The lowest BCUT2D eigenvalue weighted by Gasteiger charge is -2.13. The number of ether oxygens (including phenoxy) is 1. The van der Waals surface area contributed by atoms with Gasteiger partial charge in [0.05, 0.1) is 12.2 Å². The molecule has 0 saturated carbocycles. The summed E-state index contributed by atoms with van der Waals surface area (Å²) in [5.74, 6) is 1.94. The quantitative estimate of drug-likeness (QED) is 0.843. The molecule has 2 rings (SSSR count). The van der Waals surface area contributed by atoms with E-state index < -0.39 is 0 Å². The standard InChI is InChI=1S/C16H23N3O/c1-13(2)17-11-15-12-18-14(3)19(15)9-10-20-16-7-5-4-6-8-16/h4-8,12-13,17H,9-11H2,1-3H3. The zero-order chi connectivity index (χ0) is 14.4. The van der Waals surface area contributed by atoms with Crippen LogP contribution in [0.5, 0.6) is 5.75 Å². The van der Waals surface area contributed by atoms with E-state index in [0.717, 1.165) is 24.7 Å². The van der Waals surface area contributed by atoms with E-state index in [1.54, 1.807) is 0 Å². The Morgan fingerprint density at radius 1 is 1.25 bits per heavy atom. The average Bonchev–Trinajstić information content (AvgIpc) is 2.79. The lowest BCUT2D eigenvalue weighted by atomic mass is 10.3. The highest BCUT2D eigenvalue weighted by Crippen LogP contribution is 2.10. The number of para-hydroxylation sites is 1. The highest BCUT2D eigenvalue weighted by molar-refractivity contribution is 5.20. The molecule has 0 spiro atoms. The first kappa shape index (κ1) is 14.6. The van der Waals surface area contributed by atoms with E-state index in [9.17, 15) is 0 Å². The van der Waals surface area contributed by atoms with Gasteiger partial charge in [-0.25, -0.2) is 4.98 Å². The van der Waals surface area contributed by atoms with Crippen molar-refractivity contribution in [1.82, 2.24) is 14.9 Å². The monoisotopic (exact) mass is 273 g/mol. The molecule has 0 radical (unpaired) electrons. The van der Waals surface area contributed by atoms with Gasteiger partial charge in [-0.2, -0.15) is 0 Å². The molecular formula is C16H23N3O. The van der Waals surface area contributed by atoms with E-state index in [2.05, 4.69) is 28.7 Å². The summed E-state index contributed by atoms with van der Waals surface area (Å²) >= 11 is 0. The fourth-order valence-electron chi connectivity index (χ4n) is 2.04. The van der Waals surface area contributed by atoms with Gasteiger partial charge in [0, 0.05) is 18.8 Å². The summed E-state index contributed by atoms with van der Waals surface area (Å²) in [6.07, 6.45) is 1.94. The van der Waals surface area contributed by atoms with Crippen molar-refractivity contribution in [1.29, 1.82) is 0 Å². The van der Waals surface area contributed by atoms with Gasteiger partial charge in [-0.1, -0.05) is 32.0 Å². The summed E-state index contributed by atoms with van der Waals surface area (Å²) in [6, 6.07) is 10.4. The van der Waals surface area contributed by atoms with E-state index in [-0.39, 0.29) is 0 Å². The third kappa shape index (κ3) is 4.10. The molecule has 0 atom stereocenters. The minimum Gasteiger partial charge on any atom is -0.492 e. The van der Waals surface area contributed by atoms with Crippen LogP contribution >= 0.6 is 0 Å². The first-order valence-electron chi connectivity index (χ1n) is 7.09. The first-order chi connectivity index (χ1) is 9.66. The van der Waals surface area contributed by atoms with E-state index in [1.807, 2.05) is 43.5 Å². The lowest BCUT2D eigenvalue weighted by molar-refractivity contribution is 0.294. The molecule has 4 nitrogen and oxygen atoms in total. The fraction of sp³-hybridized carbons (Fsp3) is 0.438. The Morgan fingerprint density at radius 3 is 2.70 bits per heavy atom. The summed E-state index contributed by atoms with van der Waals surface area (Å²) < 4.78 is 7.95. The van der Waals surface area contributed by atoms with Crippen LogP contribution in [0.4, 0.5) is 0 Å². The molecule has 0 aliphatic heterocycles. The van der Waals surface area contributed by atoms with Gasteiger partial charge in [0.1, 0.15) is 18.2 Å². The zero-order valence-corrected chi connectivity index (χ0v) is 12.5. The second kappa shape index (κ2) is 7.10. The van der Waals surface area contributed by atoms with Crippen LogP contribution in [-0.2, 0) is 13.1 Å². The largest absolute Gasteiger partial charge is 0.492 e. The molecule has 2 aromatic rings. The van der Waals surface area contributed by atoms with E-state index in [4.69, 9.17) is 4.74 Å². The molecular weight excluding hydrogens is 250 g/mol.